The van der Waals surface area contributed by atoms with Gasteiger partial charge >= 0.3 is 0 Å². The number of nitrogens with one attached hydrogen (secondary N) is 2. The number of anilines is 1. The van der Waals surface area contributed by atoms with Crippen LogP contribution in [0, 0.1) is 0 Å². The Hall–Kier alpha value is -1.86. The number of pyridine rings is 1. The van der Waals surface area contributed by atoms with Gasteiger partial charge in [-0.15, -0.1) is 0 Å². The Morgan fingerprint density at radius 3 is 2.86 bits per heavy atom. The molecule has 2 saturated heterocycles. The van der Waals surface area contributed by atoms with Gasteiger partial charge in [-0.05, 0) is 38.8 Å². The summed E-state index contributed by atoms with van der Waals surface area (Å²) in [5, 5.41) is 6.91. The minimum atomic E-state index is 0.622. The van der Waals surface area contributed by atoms with E-state index in [4.69, 9.17) is 9.73 Å². The van der Waals surface area contributed by atoms with Gasteiger partial charge in [0.15, 0.2) is 5.96 Å². The van der Waals surface area contributed by atoms with Crippen LogP contribution in [-0.4, -0.2) is 74.4 Å². The fourth-order valence-electron chi connectivity index (χ4n) is 4.25. The van der Waals surface area contributed by atoms with E-state index in [1.807, 2.05) is 12.3 Å². The predicted octanol–water partition coefficient (Wildman–Crippen LogP) is 2.24. The summed E-state index contributed by atoms with van der Waals surface area (Å²) >= 11 is 0. The van der Waals surface area contributed by atoms with E-state index < -0.39 is 0 Å². The lowest BCUT2D eigenvalue weighted by atomic mass is 10.0. The third-order valence-electron chi connectivity index (χ3n) is 5.84. The molecule has 0 radical (unpaired) electrons. The summed E-state index contributed by atoms with van der Waals surface area (Å²) in [7, 11) is 0. The number of hydrogen-bond donors (Lipinski definition) is 2. The van der Waals surface area contributed by atoms with Crippen molar-refractivity contribution in [1.29, 1.82) is 0 Å². The van der Waals surface area contributed by atoms with Crippen molar-refractivity contribution in [2.24, 2.45) is 4.99 Å². The minimum absolute atomic E-state index is 0.622. The molecule has 0 aromatic carbocycles. The van der Waals surface area contributed by atoms with E-state index in [0.29, 0.717) is 6.54 Å². The summed E-state index contributed by atoms with van der Waals surface area (Å²) < 4.78 is 5.48. The number of guanidine groups is 1. The third-order valence-corrected chi connectivity index (χ3v) is 5.84. The molecule has 2 aliphatic rings. The zero-order chi connectivity index (χ0) is 20.3. The summed E-state index contributed by atoms with van der Waals surface area (Å²) in [6.07, 6.45) is 7.17. The second kappa shape index (κ2) is 12.0. The highest BCUT2D eigenvalue weighted by atomic mass is 16.5. The van der Waals surface area contributed by atoms with Crippen molar-refractivity contribution in [3.05, 3.63) is 23.9 Å². The number of morpholine rings is 1. The molecule has 3 rings (SSSR count). The largest absolute Gasteiger partial charge is 0.378 e. The summed E-state index contributed by atoms with van der Waals surface area (Å²) in [6.45, 7) is 12.4. The predicted molar refractivity (Wildman–Crippen MR) is 120 cm³/mol. The summed E-state index contributed by atoms with van der Waals surface area (Å²) in [6, 6.07) is 4.87. The molecule has 0 spiro atoms. The molecular formula is C22H38N6O. The van der Waals surface area contributed by atoms with Crippen molar-refractivity contribution in [3.63, 3.8) is 0 Å². The highest BCUT2D eigenvalue weighted by Crippen LogP contribution is 2.20. The van der Waals surface area contributed by atoms with Crippen LogP contribution in [0.15, 0.2) is 23.3 Å². The van der Waals surface area contributed by atoms with Crippen LogP contribution in [0.5, 0.6) is 0 Å². The number of aliphatic imine (C=N–C) groups is 1. The van der Waals surface area contributed by atoms with Crippen LogP contribution >= 0.6 is 0 Å². The molecule has 162 valence electrons. The van der Waals surface area contributed by atoms with Crippen molar-refractivity contribution >= 4 is 11.8 Å². The number of rotatable bonds is 8. The average molecular weight is 403 g/mol. The fraction of sp³-hybridized carbons (Fsp3) is 0.727. The molecular weight excluding hydrogens is 364 g/mol. The molecule has 1 aromatic heterocycles. The van der Waals surface area contributed by atoms with Gasteiger partial charge in [-0.2, -0.15) is 0 Å². The van der Waals surface area contributed by atoms with E-state index in [2.05, 4.69) is 45.3 Å². The second-order valence-corrected chi connectivity index (χ2v) is 7.80. The first-order valence-electron chi connectivity index (χ1n) is 11.3. The van der Waals surface area contributed by atoms with Crippen LogP contribution in [0.4, 0.5) is 5.82 Å². The van der Waals surface area contributed by atoms with Crippen molar-refractivity contribution < 1.29 is 4.74 Å². The molecule has 1 atom stereocenters. The standard InChI is InChI=1S/C22H38N6O/c1-3-20-9-5-6-12-27(20)13-11-25-22(23-4-2)26-18-19-8-7-10-24-21(19)28-14-16-29-17-15-28/h7-8,10,20H,3-6,9,11-18H2,1-2H3,(H2,23,25,26). The first kappa shape index (κ1) is 21.8. The van der Waals surface area contributed by atoms with E-state index >= 15 is 0 Å². The SMILES string of the molecule is CCNC(=NCc1cccnc1N1CCOCC1)NCCN1CCCCC1CC. The smallest absolute Gasteiger partial charge is 0.191 e. The number of piperidine rings is 1. The molecule has 0 aliphatic carbocycles. The Labute approximate surface area is 175 Å². The first-order valence-corrected chi connectivity index (χ1v) is 11.3. The molecule has 0 saturated carbocycles. The quantitative estimate of drug-likeness (QED) is 0.514. The van der Waals surface area contributed by atoms with Crippen LogP contribution in [0.2, 0.25) is 0 Å². The Morgan fingerprint density at radius 2 is 2.07 bits per heavy atom. The number of nitrogens with zero attached hydrogens (tertiary/aromatic N) is 4. The molecule has 0 amide bonds. The van der Waals surface area contributed by atoms with Crippen LogP contribution in [0.1, 0.15) is 45.1 Å². The van der Waals surface area contributed by atoms with Gasteiger partial charge in [0.2, 0.25) is 0 Å². The van der Waals surface area contributed by atoms with Crippen LogP contribution in [0.25, 0.3) is 0 Å². The molecule has 2 aliphatic heterocycles. The molecule has 7 nitrogen and oxygen atoms in total. The third kappa shape index (κ3) is 6.57. The lowest BCUT2D eigenvalue weighted by Crippen LogP contribution is -2.45. The van der Waals surface area contributed by atoms with Gasteiger partial charge in [-0.3, -0.25) is 4.90 Å². The normalized spacial score (nSPS) is 21.2. The minimum Gasteiger partial charge on any atom is -0.378 e. The Bertz CT molecular complexity index is 631. The lowest BCUT2D eigenvalue weighted by Gasteiger charge is -2.35. The van der Waals surface area contributed by atoms with Crippen molar-refractivity contribution in [3.8, 4) is 0 Å². The van der Waals surface area contributed by atoms with Crippen molar-refractivity contribution in [1.82, 2.24) is 20.5 Å². The highest BCUT2D eigenvalue weighted by molar-refractivity contribution is 5.79. The van der Waals surface area contributed by atoms with Crippen LogP contribution in [-0.2, 0) is 11.3 Å². The number of likely N-dealkylation sites (tertiary alicyclic amines) is 1. The maximum absolute atomic E-state index is 5.48. The summed E-state index contributed by atoms with van der Waals surface area (Å²) in [4.78, 5) is 14.4. The van der Waals surface area contributed by atoms with Crippen molar-refractivity contribution in [2.75, 3.05) is 57.4 Å². The van der Waals surface area contributed by atoms with E-state index in [9.17, 15) is 0 Å². The van der Waals surface area contributed by atoms with Gasteiger partial charge in [0.25, 0.3) is 0 Å². The summed E-state index contributed by atoms with van der Waals surface area (Å²) in [5.41, 5.74) is 1.16. The van der Waals surface area contributed by atoms with Gasteiger partial charge in [0.1, 0.15) is 5.82 Å². The first-order chi connectivity index (χ1) is 14.3. The van der Waals surface area contributed by atoms with Gasteiger partial charge in [0.05, 0.1) is 19.8 Å². The zero-order valence-electron chi connectivity index (χ0n) is 18.2. The second-order valence-electron chi connectivity index (χ2n) is 7.80. The topological polar surface area (TPSA) is 65.0 Å². The zero-order valence-corrected chi connectivity index (χ0v) is 18.2. The number of hydrogen-bond acceptors (Lipinski definition) is 5. The van der Waals surface area contributed by atoms with Gasteiger partial charge in [0, 0.05) is 50.5 Å². The molecule has 2 N–H and O–H groups in total. The summed E-state index contributed by atoms with van der Waals surface area (Å²) in [5.74, 6) is 1.92. The molecule has 1 aromatic rings. The molecule has 1 unspecified atom stereocenters. The number of ether oxygens (including phenoxy) is 1. The number of aromatic nitrogens is 1. The van der Waals surface area contributed by atoms with Crippen molar-refractivity contribution in [2.45, 2.75) is 52.1 Å². The van der Waals surface area contributed by atoms with E-state index in [-0.39, 0.29) is 0 Å². The van der Waals surface area contributed by atoms with Gasteiger partial charge < -0.3 is 20.3 Å². The molecule has 29 heavy (non-hydrogen) atoms. The Balaban J connectivity index is 1.56. The van der Waals surface area contributed by atoms with Crippen LogP contribution in [0.3, 0.4) is 0 Å². The Morgan fingerprint density at radius 1 is 1.21 bits per heavy atom. The van der Waals surface area contributed by atoms with E-state index in [1.54, 1.807) is 0 Å². The van der Waals surface area contributed by atoms with Gasteiger partial charge in [-0.25, -0.2) is 9.98 Å². The molecule has 3 heterocycles. The average Bonchev–Trinajstić information content (AvgIpc) is 2.78. The fourth-order valence-corrected chi connectivity index (χ4v) is 4.25. The van der Waals surface area contributed by atoms with E-state index in [0.717, 1.165) is 69.3 Å². The molecule has 2 fully saturated rings. The Kier molecular flexibility index (Phi) is 9.02. The van der Waals surface area contributed by atoms with Gasteiger partial charge in [-0.1, -0.05) is 19.4 Å². The molecule has 0 bridgehead atoms. The lowest BCUT2D eigenvalue weighted by molar-refractivity contribution is 0.122. The highest BCUT2D eigenvalue weighted by Gasteiger charge is 2.20. The maximum Gasteiger partial charge on any atom is 0.191 e. The maximum atomic E-state index is 5.48. The monoisotopic (exact) mass is 402 g/mol. The van der Waals surface area contributed by atoms with Crippen LogP contribution < -0.4 is 15.5 Å². The van der Waals surface area contributed by atoms with E-state index in [1.165, 1.54) is 32.2 Å². The molecule has 7 heteroatoms.